The molecule has 1 atom stereocenters. The number of hydrogen-bond acceptors (Lipinski definition) is 5. The van der Waals surface area contributed by atoms with E-state index in [1.54, 1.807) is 17.9 Å². The predicted octanol–water partition coefficient (Wildman–Crippen LogP) is 3.83. The van der Waals surface area contributed by atoms with Gasteiger partial charge in [-0.15, -0.1) is 11.3 Å². The summed E-state index contributed by atoms with van der Waals surface area (Å²) in [5.74, 6) is -0.760. The number of esters is 1. The van der Waals surface area contributed by atoms with Crippen LogP contribution in [0.1, 0.15) is 17.5 Å². The molecule has 1 aliphatic heterocycles. The second-order valence-electron chi connectivity index (χ2n) is 6.30. The molecule has 6 heteroatoms. The predicted molar refractivity (Wildman–Crippen MR) is 107 cm³/mol. The van der Waals surface area contributed by atoms with Crippen LogP contribution in [-0.4, -0.2) is 29.5 Å². The van der Waals surface area contributed by atoms with Gasteiger partial charge in [0.05, 0.1) is 10.2 Å². The van der Waals surface area contributed by atoms with Gasteiger partial charge < -0.3 is 9.64 Å². The quantitative estimate of drug-likeness (QED) is 0.511. The molecule has 3 aromatic rings. The number of anilines is 1. The Hall–Kier alpha value is -2.99. The van der Waals surface area contributed by atoms with E-state index >= 15 is 0 Å². The number of para-hydroxylation sites is 2. The second-order valence-corrected chi connectivity index (χ2v) is 7.36. The molecule has 5 nitrogen and oxygen atoms in total. The zero-order chi connectivity index (χ0) is 18.8. The smallest absolute Gasteiger partial charge is 0.331 e. The maximum atomic E-state index is 12.6. The average molecular weight is 378 g/mol. The minimum Gasteiger partial charge on any atom is -0.449 e. The average Bonchev–Trinajstić information content (AvgIpc) is 3.29. The standard InChI is InChI=1S/C21H18N2O3S/c1-14(21(25)23-13-12-15-6-2-4-8-17(15)23)26-20(24)11-10-19-22-16-7-3-5-9-18(16)27-19/h2-11,14H,12-13H2,1H3/b11-10+/t14-/m0/s1. The molecule has 0 N–H and O–H groups in total. The van der Waals surface area contributed by atoms with Gasteiger partial charge in [0.25, 0.3) is 5.91 Å². The summed E-state index contributed by atoms with van der Waals surface area (Å²) in [4.78, 5) is 30.9. The molecule has 2 heterocycles. The van der Waals surface area contributed by atoms with Crippen LogP contribution in [0.25, 0.3) is 16.3 Å². The van der Waals surface area contributed by atoms with Gasteiger partial charge in [0.2, 0.25) is 0 Å². The van der Waals surface area contributed by atoms with E-state index < -0.39 is 12.1 Å². The van der Waals surface area contributed by atoms with Crippen molar-refractivity contribution in [1.29, 1.82) is 0 Å². The fraction of sp³-hybridized carbons (Fsp3) is 0.190. The number of amides is 1. The zero-order valence-electron chi connectivity index (χ0n) is 14.8. The molecular formula is C21H18N2O3S. The van der Waals surface area contributed by atoms with E-state index in [0.717, 1.165) is 32.9 Å². The lowest BCUT2D eigenvalue weighted by atomic mass is 10.2. The van der Waals surface area contributed by atoms with Crippen LogP contribution in [0.4, 0.5) is 5.69 Å². The molecule has 0 saturated heterocycles. The topological polar surface area (TPSA) is 59.5 Å². The Morgan fingerprint density at radius 2 is 1.96 bits per heavy atom. The summed E-state index contributed by atoms with van der Waals surface area (Å²) in [6, 6.07) is 15.6. The molecule has 2 aromatic carbocycles. The molecule has 1 amide bonds. The number of carbonyl (C=O) groups excluding carboxylic acids is 2. The van der Waals surface area contributed by atoms with E-state index in [0.29, 0.717) is 6.54 Å². The minimum absolute atomic E-state index is 0.207. The van der Waals surface area contributed by atoms with Gasteiger partial charge in [0, 0.05) is 18.3 Å². The van der Waals surface area contributed by atoms with Gasteiger partial charge >= 0.3 is 5.97 Å². The summed E-state index contributed by atoms with van der Waals surface area (Å²) >= 11 is 1.50. The third-order valence-corrected chi connectivity index (χ3v) is 5.47. The number of benzene rings is 2. The van der Waals surface area contributed by atoms with Crippen molar-refractivity contribution < 1.29 is 14.3 Å². The lowest BCUT2D eigenvalue weighted by Crippen LogP contribution is -2.38. The first-order chi connectivity index (χ1) is 13.1. The van der Waals surface area contributed by atoms with Crippen LogP contribution in [0.15, 0.2) is 54.6 Å². The highest BCUT2D eigenvalue weighted by molar-refractivity contribution is 7.19. The van der Waals surface area contributed by atoms with E-state index in [1.807, 2.05) is 48.5 Å². The molecular weight excluding hydrogens is 360 g/mol. The van der Waals surface area contributed by atoms with E-state index in [9.17, 15) is 9.59 Å². The normalized spacial score (nSPS) is 14.5. The molecule has 0 saturated carbocycles. The van der Waals surface area contributed by atoms with Crippen LogP contribution in [0, 0.1) is 0 Å². The van der Waals surface area contributed by atoms with Gasteiger partial charge in [-0.3, -0.25) is 4.79 Å². The minimum atomic E-state index is -0.844. The van der Waals surface area contributed by atoms with Gasteiger partial charge in [-0.2, -0.15) is 0 Å². The molecule has 0 radical (unpaired) electrons. The van der Waals surface area contributed by atoms with Gasteiger partial charge in [0.1, 0.15) is 5.01 Å². The highest BCUT2D eigenvalue weighted by Gasteiger charge is 2.29. The van der Waals surface area contributed by atoms with Crippen LogP contribution in [0.2, 0.25) is 0 Å². The molecule has 0 unspecified atom stereocenters. The maximum Gasteiger partial charge on any atom is 0.331 e. The van der Waals surface area contributed by atoms with Crippen molar-refractivity contribution in [3.8, 4) is 0 Å². The van der Waals surface area contributed by atoms with Crippen LogP contribution in [0.5, 0.6) is 0 Å². The molecule has 0 bridgehead atoms. The summed E-state index contributed by atoms with van der Waals surface area (Å²) in [5, 5.41) is 0.723. The van der Waals surface area contributed by atoms with Crippen molar-refractivity contribution >= 4 is 45.2 Å². The van der Waals surface area contributed by atoms with Gasteiger partial charge in [-0.05, 0) is 43.2 Å². The van der Waals surface area contributed by atoms with E-state index in [2.05, 4.69) is 4.98 Å². The summed E-state index contributed by atoms with van der Waals surface area (Å²) < 4.78 is 6.35. The highest BCUT2D eigenvalue weighted by Crippen LogP contribution is 2.28. The summed E-state index contributed by atoms with van der Waals surface area (Å²) in [5.41, 5.74) is 2.93. The van der Waals surface area contributed by atoms with Crippen LogP contribution in [-0.2, 0) is 20.7 Å². The summed E-state index contributed by atoms with van der Waals surface area (Å²) in [6.45, 7) is 2.22. The number of ether oxygens (including phenoxy) is 1. The highest BCUT2D eigenvalue weighted by atomic mass is 32.1. The van der Waals surface area contributed by atoms with Crippen LogP contribution < -0.4 is 4.90 Å². The third-order valence-electron chi connectivity index (χ3n) is 4.47. The van der Waals surface area contributed by atoms with E-state index in [-0.39, 0.29) is 5.91 Å². The fourth-order valence-electron chi connectivity index (χ4n) is 3.15. The Kier molecular flexibility index (Phi) is 4.73. The molecule has 0 aliphatic carbocycles. The Morgan fingerprint density at radius 3 is 2.81 bits per heavy atom. The molecule has 4 rings (SSSR count). The second kappa shape index (κ2) is 7.32. The Labute approximate surface area is 160 Å². The SMILES string of the molecule is C[C@H](OC(=O)/C=C/c1nc2ccccc2s1)C(=O)N1CCc2ccccc21. The lowest BCUT2D eigenvalue weighted by Gasteiger charge is -2.21. The van der Waals surface area contributed by atoms with Gasteiger partial charge in [-0.25, -0.2) is 9.78 Å². The van der Waals surface area contributed by atoms with Crippen molar-refractivity contribution in [3.05, 3.63) is 65.2 Å². The van der Waals surface area contributed by atoms with Crippen molar-refractivity contribution in [1.82, 2.24) is 4.98 Å². The number of aromatic nitrogens is 1. The molecule has 1 aromatic heterocycles. The van der Waals surface area contributed by atoms with Crippen LogP contribution in [0.3, 0.4) is 0 Å². The molecule has 136 valence electrons. The van der Waals surface area contributed by atoms with Crippen molar-refractivity contribution in [2.45, 2.75) is 19.4 Å². The number of fused-ring (bicyclic) bond motifs is 2. The lowest BCUT2D eigenvalue weighted by molar-refractivity contribution is -0.149. The Bertz CT molecular complexity index is 1010. The fourth-order valence-corrected chi connectivity index (χ4v) is 4.02. The first kappa shape index (κ1) is 17.4. The monoisotopic (exact) mass is 378 g/mol. The molecule has 0 fully saturated rings. The Balaban J connectivity index is 1.39. The number of hydrogen-bond donors (Lipinski definition) is 0. The molecule has 1 aliphatic rings. The molecule has 0 spiro atoms. The van der Waals surface area contributed by atoms with Crippen molar-refractivity contribution in [2.24, 2.45) is 0 Å². The number of nitrogens with zero attached hydrogens (tertiary/aromatic N) is 2. The maximum absolute atomic E-state index is 12.6. The first-order valence-electron chi connectivity index (χ1n) is 8.75. The number of thiazole rings is 1. The van der Waals surface area contributed by atoms with Crippen molar-refractivity contribution in [3.63, 3.8) is 0 Å². The summed E-state index contributed by atoms with van der Waals surface area (Å²) in [7, 11) is 0. The first-order valence-corrected chi connectivity index (χ1v) is 9.57. The number of carbonyl (C=O) groups is 2. The largest absolute Gasteiger partial charge is 0.449 e. The summed E-state index contributed by atoms with van der Waals surface area (Å²) in [6.07, 6.45) is 2.91. The van der Waals surface area contributed by atoms with E-state index in [1.165, 1.54) is 17.4 Å². The zero-order valence-corrected chi connectivity index (χ0v) is 15.6. The van der Waals surface area contributed by atoms with Crippen molar-refractivity contribution in [2.75, 3.05) is 11.4 Å². The molecule has 27 heavy (non-hydrogen) atoms. The Morgan fingerprint density at radius 1 is 1.19 bits per heavy atom. The van der Waals surface area contributed by atoms with E-state index in [4.69, 9.17) is 4.74 Å². The van der Waals surface area contributed by atoms with Gasteiger partial charge in [0.15, 0.2) is 6.10 Å². The van der Waals surface area contributed by atoms with Gasteiger partial charge in [-0.1, -0.05) is 30.3 Å². The third kappa shape index (κ3) is 3.61. The van der Waals surface area contributed by atoms with Crippen LogP contribution >= 0.6 is 11.3 Å². The number of rotatable bonds is 4.